The molecule has 2 atom stereocenters. The Bertz CT molecular complexity index is 471. The molecule has 0 aromatic carbocycles. The Morgan fingerprint density at radius 3 is 2.38 bits per heavy atom. The first kappa shape index (κ1) is 20.3. The minimum Gasteiger partial charge on any atom is -0.444 e. The predicted molar refractivity (Wildman–Crippen MR) is 91.4 cm³/mol. The molecule has 0 bridgehead atoms. The smallest absolute Gasteiger partial charge is 0.410 e. The van der Waals surface area contributed by atoms with Crippen LogP contribution in [-0.4, -0.2) is 54.1 Å². The Morgan fingerprint density at radius 2 is 1.88 bits per heavy atom. The van der Waals surface area contributed by atoms with Gasteiger partial charge in [0.25, 0.3) is 0 Å². The number of carbonyl (C=O) groups is 3. The van der Waals surface area contributed by atoms with E-state index in [1.54, 1.807) is 27.8 Å². The van der Waals surface area contributed by atoms with Gasteiger partial charge in [0.2, 0.25) is 11.8 Å². The maximum absolute atomic E-state index is 12.6. The second kappa shape index (κ2) is 8.35. The molecule has 1 rings (SSSR count). The van der Waals surface area contributed by atoms with Gasteiger partial charge in [0.1, 0.15) is 17.7 Å². The van der Waals surface area contributed by atoms with Crippen LogP contribution < -0.4 is 10.6 Å². The summed E-state index contributed by atoms with van der Waals surface area (Å²) in [6, 6.07) is -1.18. The molecule has 1 fully saturated rings. The standard InChI is InChI=1S/C17H31N3O4/c1-11(2)10-12(14(21)18-6)19-15(22)13-8-7-9-20(13)16(23)24-17(3,4)5/h11-13H,7-10H2,1-6H3,(H,18,21)(H,19,22)/t12-,13-/m0/s1. The largest absolute Gasteiger partial charge is 0.444 e. The van der Waals surface area contributed by atoms with Crippen molar-refractivity contribution in [3.05, 3.63) is 0 Å². The molecule has 3 amide bonds. The molecule has 0 aromatic heterocycles. The van der Waals surface area contributed by atoms with Gasteiger partial charge in [-0.15, -0.1) is 0 Å². The van der Waals surface area contributed by atoms with Gasteiger partial charge in [-0.05, 0) is 46.0 Å². The molecule has 0 unspecified atom stereocenters. The van der Waals surface area contributed by atoms with Crippen molar-refractivity contribution in [1.82, 2.24) is 15.5 Å². The van der Waals surface area contributed by atoms with Crippen LogP contribution in [0.2, 0.25) is 0 Å². The van der Waals surface area contributed by atoms with Crippen molar-refractivity contribution >= 4 is 17.9 Å². The summed E-state index contributed by atoms with van der Waals surface area (Å²) < 4.78 is 5.37. The molecule has 1 heterocycles. The van der Waals surface area contributed by atoms with Gasteiger partial charge in [0, 0.05) is 13.6 Å². The summed E-state index contributed by atoms with van der Waals surface area (Å²) in [6.45, 7) is 9.85. The molecule has 138 valence electrons. The molecule has 7 heteroatoms. The van der Waals surface area contributed by atoms with Crippen LogP contribution in [0.5, 0.6) is 0 Å². The highest BCUT2D eigenvalue weighted by molar-refractivity contribution is 5.91. The molecule has 0 aromatic rings. The summed E-state index contributed by atoms with van der Waals surface area (Å²) in [5, 5.41) is 5.36. The van der Waals surface area contributed by atoms with Gasteiger partial charge in [0.15, 0.2) is 0 Å². The summed E-state index contributed by atoms with van der Waals surface area (Å²) in [7, 11) is 1.55. The summed E-state index contributed by atoms with van der Waals surface area (Å²) >= 11 is 0. The normalized spacial score (nSPS) is 19.1. The van der Waals surface area contributed by atoms with Crippen LogP contribution in [0.3, 0.4) is 0 Å². The van der Waals surface area contributed by atoms with E-state index in [9.17, 15) is 14.4 Å². The number of hydrogen-bond donors (Lipinski definition) is 2. The Morgan fingerprint density at radius 1 is 1.25 bits per heavy atom. The zero-order chi connectivity index (χ0) is 18.5. The number of nitrogens with zero attached hydrogens (tertiary/aromatic N) is 1. The third-order valence-corrected chi connectivity index (χ3v) is 3.77. The molecule has 0 saturated carbocycles. The highest BCUT2D eigenvalue weighted by Gasteiger charge is 2.37. The van der Waals surface area contributed by atoms with Crippen LogP contribution in [0, 0.1) is 5.92 Å². The van der Waals surface area contributed by atoms with Crippen molar-refractivity contribution < 1.29 is 19.1 Å². The van der Waals surface area contributed by atoms with Crippen LogP contribution in [0.1, 0.15) is 53.9 Å². The molecular weight excluding hydrogens is 310 g/mol. The summed E-state index contributed by atoms with van der Waals surface area (Å²) in [4.78, 5) is 38.3. The molecule has 0 radical (unpaired) electrons. The van der Waals surface area contributed by atoms with E-state index in [0.29, 0.717) is 19.4 Å². The third kappa shape index (κ3) is 6.02. The fourth-order valence-electron chi connectivity index (χ4n) is 2.72. The minimum absolute atomic E-state index is 0.223. The van der Waals surface area contributed by atoms with E-state index in [2.05, 4.69) is 10.6 Å². The van der Waals surface area contributed by atoms with Crippen molar-refractivity contribution in [3.63, 3.8) is 0 Å². The van der Waals surface area contributed by atoms with Crippen molar-refractivity contribution in [2.75, 3.05) is 13.6 Å². The number of amides is 3. The van der Waals surface area contributed by atoms with Crippen LogP contribution in [-0.2, 0) is 14.3 Å². The van der Waals surface area contributed by atoms with E-state index in [4.69, 9.17) is 4.74 Å². The van der Waals surface area contributed by atoms with Gasteiger partial charge in [-0.3, -0.25) is 14.5 Å². The van der Waals surface area contributed by atoms with Gasteiger partial charge < -0.3 is 15.4 Å². The number of carbonyl (C=O) groups excluding carboxylic acids is 3. The van der Waals surface area contributed by atoms with Gasteiger partial charge in [-0.1, -0.05) is 13.8 Å². The molecule has 2 N–H and O–H groups in total. The second-order valence-electron chi connectivity index (χ2n) is 7.64. The summed E-state index contributed by atoms with van der Waals surface area (Å²) in [5.41, 5.74) is -0.608. The number of rotatable bonds is 5. The monoisotopic (exact) mass is 341 g/mol. The number of ether oxygens (including phenoxy) is 1. The molecule has 1 aliphatic heterocycles. The van der Waals surface area contributed by atoms with Crippen molar-refractivity contribution in [2.24, 2.45) is 5.92 Å². The van der Waals surface area contributed by atoms with Gasteiger partial charge in [-0.25, -0.2) is 4.79 Å². The average Bonchev–Trinajstić information content (AvgIpc) is 2.92. The fraction of sp³-hybridized carbons (Fsp3) is 0.824. The minimum atomic E-state index is -0.608. The molecule has 1 saturated heterocycles. The van der Waals surface area contributed by atoms with Gasteiger partial charge in [0.05, 0.1) is 0 Å². The lowest BCUT2D eigenvalue weighted by atomic mass is 10.0. The molecule has 1 aliphatic rings. The molecule has 24 heavy (non-hydrogen) atoms. The van der Waals surface area contributed by atoms with E-state index >= 15 is 0 Å². The Hall–Kier alpha value is -1.79. The topological polar surface area (TPSA) is 87.7 Å². The zero-order valence-electron chi connectivity index (χ0n) is 15.6. The number of likely N-dealkylation sites (N-methyl/N-ethyl adjacent to an activating group) is 1. The first-order chi connectivity index (χ1) is 11.0. The predicted octanol–water partition coefficient (Wildman–Crippen LogP) is 1.66. The highest BCUT2D eigenvalue weighted by atomic mass is 16.6. The first-order valence-electron chi connectivity index (χ1n) is 8.56. The Kier molecular flexibility index (Phi) is 7.05. The quantitative estimate of drug-likeness (QED) is 0.796. The van der Waals surface area contributed by atoms with Crippen molar-refractivity contribution in [2.45, 2.75) is 71.6 Å². The van der Waals surface area contributed by atoms with Crippen molar-refractivity contribution in [1.29, 1.82) is 0 Å². The molecule has 0 aliphatic carbocycles. The van der Waals surface area contributed by atoms with Crippen LogP contribution in [0.25, 0.3) is 0 Å². The zero-order valence-corrected chi connectivity index (χ0v) is 15.6. The lowest BCUT2D eigenvalue weighted by molar-refractivity contribution is -0.131. The maximum atomic E-state index is 12.6. The van der Waals surface area contributed by atoms with Crippen LogP contribution in [0.15, 0.2) is 0 Å². The Balaban J connectivity index is 2.76. The average molecular weight is 341 g/mol. The number of nitrogens with one attached hydrogen (secondary N) is 2. The number of likely N-dealkylation sites (tertiary alicyclic amines) is 1. The van der Waals surface area contributed by atoms with Gasteiger partial charge >= 0.3 is 6.09 Å². The number of hydrogen-bond acceptors (Lipinski definition) is 4. The van der Waals surface area contributed by atoms with Crippen molar-refractivity contribution in [3.8, 4) is 0 Å². The third-order valence-electron chi connectivity index (χ3n) is 3.77. The van der Waals surface area contributed by atoms with Crippen LogP contribution in [0.4, 0.5) is 4.79 Å². The van der Waals surface area contributed by atoms with E-state index in [0.717, 1.165) is 6.42 Å². The molecule has 7 nitrogen and oxygen atoms in total. The summed E-state index contributed by atoms with van der Waals surface area (Å²) in [6.07, 6.45) is 1.38. The highest BCUT2D eigenvalue weighted by Crippen LogP contribution is 2.21. The Labute approximate surface area is 144 Å². The second-order valence-corrected chi connectivity index (χ2v) is 7.64. The maximum Gasteiger partial charge on any atom is 0.410 e. The fourth-order valence-corrected chi connectivity index (χ4v) is 2.72. The first-order valence-corrected chi connectivity index (χ1v) is 8.56. The van der Waals surface area contributed by atoms with E-state index in [1.807, 2.05) is 13.8 Å². The van der Waals surface area contributed by atoms with E-state index < -0.39 is 23.8 Å². The summed E-state index contributed by atoms with van der Waals surface area (Å²) in [5.74, 6) is -0.260. The molecular formula is C17H31N3O4. The van der Waals surface area contributed by atoms with Crippen LogP contribution >= 0.6 is 0 Å². The van der Waals surface area contributed by atoms with E-state index in [-0.39, 0.29) is 17.7 Å². The van der Waals surface area contributed by atoms with Gasteiger partial charge in [-0.2, -0.15) is 0 Å². The van der Waals surface area contributed by atoms with E-state index in [1.165, 1.54) is 4.90 Å². The lowest BCUT2D eigenvalue weighted by Gasteiger charge is -2.29. The lowest BCUT2D eigenvalue weighted by Crippen LogP contribution is -2.53. The SMILES string of the molecule is CNC(=O)[C@H](CC(C)C)NC(=O)[C@@H]1CCCN1C(=O)OC(C)(C)C. The molecule has 0 spiro atoms.